The van der Waals surface area contributed by atoms with E-state index in [0.717, 1.165) is 31.3 Å². The van der Waals surface area contributed by atoms with Gasteiger partial charge in [-0.25, -0.2) is 0 Å². The first-order valence-electron chi connectivity index (χ1n) is 8.34. The van der Waals surface area contributed by atoms with E-state index in [1.165, 1.54) is 0 Å². The standard InChI is InChI=1S/C21H17INO3S/c1-15-9-11-19(12-10-15)27(24,25)26-22-18-7-4-6-16(13-18)21-14-17-5-2-3-8-20(17)23-21/h2-14,23H,1H3/q-1. The first-order chi connectivity index (χ1) is 13.0. The summed E-state index contributed by atoms with van der Waals surface area (Å²) in [5.74, 6) is 0. The van der Waals surface area contributed by atoms with Gasteiger partial charge >= 0.3 is 170 Å². The van der Waals surface area contributed by atoms with Gasteiger partial charge < -0.3 is 0 Å². The van der Waals surface area contributed by atoms with E-state index in [0.29, 0.717) is 0 Å². The molecule has 6 heteroatoms. The van der Waals surface area contributed by atoms with Crippen molar-refractivity contribution in [3.63, 3.8) is 0 Å². The van der Waals surface area contributed by atoms with Crippen LogP contribution in [0.3, 0.4) is 0 Å². The van der Waals surface area contributed by atoms with Crippen molar-refractivity contribution in [2.45, 2.75) is 11.8 Å². The number of benzene rings is 3. The molecule has 0 bridgehead atoms. The van der Waals surface area contributed by atoms with Crippen molar-refractivity contribution in [3.8, 4) is 11.3 Å². The van der Waals surface area contributed by atoms with Gasteiger partial charge in [0.1, 0.15) is 0 Å². The number of hydrogen-bond donors (Lipinski definition) is 1. The molecule has 0 saturated heterocycles. The zero-order valence-corrected chi connectivity index (χ0v) is 17.5. The van der Waals surface area contributed by atoms with E-state index < -0.39 is 31.7 Å². The van der Waals surface area contributed by atoms with Crippen LogP contribution in [0.1, 0.15) is 5.56 Å². The molecule has 0 aliphatic carbocycles. The van der Waals surface area contributed by atoms with Gasteiger partial charge in [0.15, 0.2) is 0 Å². The van der Waals surface area contributed by atoms with Crippen LogP contribution in [0.2, 0.25) is 0 Å². The third-order valence-corrected chi connectivity index (χ3v) is 8.40. The predicted octanol–water partition coefficient (Wildman–Crippen LogP) is 1.72. The minimum atomic E-state index is -3.73. The quantitative estimate of drug-likeness (QED) is 0.434. The molecule has 138 valence electrons. The first kappa shape index (κ1) is 18.2. The molecule has 1 aromatic heterocycles. The van der Waals surface area contributed by atoms with Crippen LogP contribution in [0.4, 0.5) is 0 Å². The van der Waals surface area contributed by atoms with Gasteiger partial charge in [-0.2, -0.15) is 0 Å². The summed E-state index contributed by atoms with van der Waals surface area (Å²) in [4.78, 5) is 3.59. The minimum absolute atomic E-state index is 0.194. The summed E-state index contributed by atoms with van der Waals surface area (Å²) in [6, 6.07) is 24.7. The second kappa shape index (κ2) is 7.46. The Kier molecular flexibility index (Phi) is 5.03. The molecule has 0 aliphatic heterocycles. The molecule has 1 heterocycles. The number of aryl methyl sites for hydroxylation is 1. The maximum absolute atomic E-state index is 12.4. The molecule has 27 heavy (non-hydrogen) atoms. The van der Waals surface area contributed by atoms with Crippen molar-refractivity contribution in [2.75, 3.05) is 0 Å². The van der Waals surface area contributed by atoms with Crippen LogP contribution in [0.25, 0.3) is 22.2 Å². The van der Waals surface area contributed by atoms with E-state index >= 15 is 0 Å². The Balaban J connectivity index is 1.55. The number of H-pyrrole nitrogens is 1. The second-order valence-electron chi connectivity index (χ2n) is 6.19. The molecule has 0 radical (unpaired) electrons. The van der Waals surface area contributed by atoms with Gasteiger partial charge in [0, 0.05) is 0 Å². The van der Waals surface area contributed by atoms with Gasteiger partial charge in [-0.1, -0.05) is 0 Å². The number of para-hydroxylation sites is 1. The van der Waals surface area contributed by atoms with Gasteiger partial charge in [0.25, 0.3) is 0 Å². The Bertz CT molecular complexity index is 1160. The van der Waals surface area contributed by atoms with Crippen LogP contribution in [-0.2, 0) is 12.6 Å². The van der Waals surface area contributed by atoms with Crippen LogP contribution in [0, 0.1) is 10.5 Å². The molecule has 4 aromatic rings. The van der Waals surface area contributed by atoms with Crippen molar-refractivity contribution >= 4 is 21.0 Å². The Hall–Kier alpha value is -2.16. The number of rotatable bonds is 5. The number of fused-ring (bicyclic) bond motifs is 1. The van der Waals surface area contributed by atoms with Gasteiger partial charge in [-0.15, -0.1) is 0 Å². The van der Waals surface area contributed by atoms with E-state index in [-0.39, 0.29) is 4.90 Å². The van der Waals surface area contributed by atoms with E-state index in [1.54, 1.807) is 24.3 Å². The molecule has 0 saturated carbocycles. The molecule has 4 nitrogen and oxygen atoms in total. The summed E-state index contributed by atoms with van der Waals surface area (Å²) < 4.78 is 31.0. The third-order valence-electron chi connectivity index (χ3n) is 4.18. The van der Waals surface area contributed by atoms with Gasteiger partial charge in [0.2, 0.25) is 0 Å². The first-order valence-corrected chi connectivity index (χ1v) is 11.7. The fourth-order valence-corrected chi connectivity index (χ4v) is 6.22. The van der Waals surface area contributed by atoms with E-state index in [1.807, 2.05) is 49.4 Å². The summed E-state index contributed by atoms with van der Waals surface area (Å²) in [6.07, 6.45) is 0. The maximum atomic E-state index is 12.4. The van der Waals surface area contributed by atoms with Crippen molar-refractivity contribution in [1.29, 1.82) is 0 Å². The average Bonchev–Trinajstić information content (AvgIpc) is 3.11. The summed E-state index contributed by atoms with van der Waals surface area (Å²) in [7, 11) is -3.73. The Morgan fingerprint density at radius 3 is 2.44 bits per heavy atom. The van der Waals surface area contributed by atoms with Crippen LogP contribution in [0.15, 0.2) is 83.8 Å². The Labute approximate surface area is 169 Å². The molecule has 4 rings (SSSR count). The molecule has 1 N–H and O–H groups in total. The molecule has 0 spiro atoms. The average molecular weight is 490 g/mol. The van der Waals surface area contributed by atoms with Crippen LogP contribution < -0.4 is 21.6 Å². The molecule has 0 fully saturated rings. The molecular formula is C21H17INO3S-. The topological polar surface area (TPSA) is 59.2 Å². The number of nitrogens with one attached hydrogen (secondary N) is 1. The number of aromatic amines is 1. The molecular weight excluding hydrogens is 473 g/mol. The van der Waals surface area contributed by atoms with Crippen LogP contribution in [0.5, 0.6) is 0 Å². The Morgan fingerprint density at radius 1 is 0.889 bits per heavy atom. The van der Waals surface area contributed by atoms with Gasteiger partial charge in [-0.3, -0.25) is 0 Å². The summed E-state index contributed by atoms with van der Waals surface area (Å²) in [5, 5.41) is 1.14. The zero-order valence-electron chi connectivity index (χ0n) is 14.5. The van der Waals surface area contributed by atoms with Crippen molar-refractivity contribution in [1.82, 2.24) is 4.98 Å². The zero-order chi connectivity index (χ0) is 18.9. The summed E-state index contributed by atoms with van der Waals surface area (Å²) in [5.41, 5.74) is 4.10. The molecule has 0 atom stereocenters. The van der Waals surface area contributed by atoms with Crippen molar-refractivity contribution in [2.24, 2.45) is 0 Å². The summed E-state index contributed by atoms with van der Waals surface area (Å²) in [6.45, 7) is 1.92. The SMILES string of the molecule is Cc1ccc(S(=O)(=O)O[I-]c2cccc(-c3cc4ccccc4[nH]3)c2)cc1. The molecule has 0 unspecified atom stereocenters. The van der Waals surface area contributed by atoms with E-state index in [4.69, 9.17) is 2.51 Å². The van der Waals surface area contributed by atoms with E-state index in [9.17, 15) is 8.42 Å². The van der Waals surface area contributed by atoms with Crippen LogP contribution >= 0.6 is 0 Å². The molecule has 0 aliphatic rings. The second-order valence-corrected chi connectivity index (χ2v) is 10.5. The van der Waals surface area contributed by atoms with Crippen molar-refractivity contribution < 1.29 is 32.6 Å². The Morgan fingerprint density at radius 2 is 1.67 bits per heavy atom. The normalized spacial score (nSPS) is 11.9. The van der Waals surface area contributed by atoms with Gasteiger partial charge in [0.05, 0.1) is 0 Å². The van der Waals surface area contributed by atoms with Crippen molar-refractivity contribution in [3.05, 3.63) is 88.0 Å². The molecule has 3 aromatic carbocycles. The number of hydrogen-bond acceptors (Lipinski definition) is 3. The van der Waals surface area contributed by atoms with Gasteiger partial charge in [-0.05, 0) is 0 Å². The number of aromatic nitrogens is 1. The number of halogens is 1. The fraction of sp³-hybridized carbons (Fsp3) is 0.0476. The molecule has 0 amide bonds. The van der Waals surface area contributed by atoms with E-state index in [2.05, 4.69) is 17.1 Å². The third kappa shape index (κ3) is 4.07. The predicted molar refractivity (Wildman–Crippen MR) is 102 cm³/mol. The monoisotopic (exact) mass is 490 g/mol. The van der Waals surface area contributed by atoms with Crippen LogP contribution in [-0.4, -0.2) is 13.4 Å². The summed E-state index contributed by atoms with van der Waals surface area (Å²) >= 11 is -1.13. The fourth-order valence-electron chi connectivity index (χ4n) is 2.75.